The molecule has 0 aliphatic carbocycles. The standard InChI is InChI=1S/2C6H10O5S.C4H8O3S.C3H6O3S/c1-4(6(7)8)3-5(2)12(9,10)11;1-2-5(12(9,10)11)3-4-6(7)8;1-4(2)3-8(5,6)7;1-2-3-7(4,5)6/h3,5H,1-2H3,(H,7,8)(H,9,10,11);3-5H,2H2,1H3,(H,7,8)(H,9,10,11);1,3H2,2H3,(H,5,6,7);2H,1,3H2,(H,4,5,6)/b2*4-3+;;. The minimum atomic E-state index is -4.17. The lowest BCUT2D eigenvalue weighted by Crippen LogP contribution is -2.17. The Bertz CT molecular complexity index is 1300. The molecule has 0 heterocycles. The highest BCUT2D eigenvalue weighted by atomic mass is 32.2. The third-order valence-corrected chi connectivity index (χ3v) is 7.13. The van der Waals surface area contributed by atoms with Gasteiger partial charge in [-0.15, -0.1) is 6.58 Å². The zero-order valence-corrected chi connectivity index (χ0v) is 24.7. The number of carboxylic acid groups (broad SMARTS) is 2. The summed E-state index contributed by atoms with van der Waals surface area (Å²) in [5, 5.41) is 14.2. The van der Waals surface area contributed by atoms with Crippen LogP contribution in [0.5, 0.6) is 0 Å². The molecule has 0 radical (unpaired) electrons. The predicted molar refractivity (Wildman–Crippen MR) is 143 cm³/mol. The third-order valence-electron chi connectivity index (χ3n) is 3.29. The van der Waals surface area contributed by atoms with Gasteiger partial charge >= 0.3 is 11.9 Å². The van der Waals surface area contributed by atoms with Crippen LogP contribution in [0, 0.1) is 0 Å². The zero-order valence-electron chi connectivity index (χ0n) is 21.4. The van der Waals surface area contributed by atoms with Gasteiger partial charge in [0.1, 0.15) is 10.5 Å². The van der Waals surface area contributed by atoms with Crippen LogP contribution >= 0.6 is 0 Å². The van der Waals surface area contributed by atoms with Crippen molar-refractivity contribution in [3.63, 3.8) is 0 Å². The molecule has 0 saturated carbocycles. The molecule has 2 atom stereocenters. The Kier molecular flexibility index (Phi) is 21.9. The Hall–Kier alpha value is -2.46. The van der Waals surface area contributed by atoms with E-state index in [1.54, 1.807) is 0 Å². The van der Waals surface area contributed by atoms with E-state index in [-0.39, 0.29) is 23.5 Å². The molecule has 0 aromatic rings. The average molecular weight is 647 g/mol. The first-order chi connectivity index (χ1) is 17.1. The average Bonchev–Trinajstić information content (AvgIpc) is 2.64. The second kappa shape index (κ2) is 19.6. The highest BCUT2D eigenvalue weighted by Gasteiger charge is 2.17. The summed E-state index contributed by atoms with van der Waals surface area (Å²) in [6, 6.07) is 0. The van der Waals surface area contributed by atoms with Crippen LogP contribution in [-0.2, 0) is 50.1 Å². The van der Waals surface area contributed by atoms with Crippen LogP contribution in [0.2, 0.25) is 0 Å². The van der Waals surface area contributed by atoms with Crippen LogP contribution in [0.15, 0.2) is 48.6 Å². The summed E-state index contributed by atoms with van der Waals surface area (Å²) in [5.41, 5.74) is 0.327. The predicted octanol–water partition coefficient (Wildman–Crippen LogP) is 1.10. The van der Waals surface area contributed by atoms with Crippen molar-refractivity contribution in [1.29, 1.82) is 0 Å². The van der Waals surface area contributed by atoms with Crippen LogP contribution in [-0.4, -0.2) is 96.0 Å². The minimum Gasteiger partial charge on any atom is -0.478 e. The van der Waals surface area contributed by atoms with E-state index >= 15 is 0 Å². The molecule has 230 valence electrons. The van der Waals surface area contributed by atoms with E-state index < -0.39 is 62.9 Å². The number of hydrogen-bond acceptors (Lipinski definition) is 10. The van der Waals surface area contributed by atoms with E-state index in [0.717, 1.165) is 18.2 Å². The first-order valence-electron chi connectivity index (χ1n) is 10.0. The number of hydrogen-bond donors (Lipinski definition) is 6. The second-order valence-electron chi connectivity index (χ2n) is 7.25. The van der Waals surface area contributed by atoms with Gasteiger partial charge in [0.2, 0.25) is 0 Å². The fourth-order valence-corrected chi connectivity index (χ4v) is 3.60. The molecule has 0 fully saturated rings. The fourth-order valence-electron chi connectivity index (χ4n) is 1.61. The lowest BCUT2D eigenvalue weighted by molar-refractivity contribution is -0.133. The number of rotatable bonds is 11. The van der Waals surface area contributed by atoms with Crippen molar-refractivity contribution < 1.29 is 71.7 Å². The molecule has 39 heavy (non-hydrogen) atoms. The summed E-state index contributed by atoms with van der Waals surface area (Å²) in [4.78, 5) is 20.2. The maximum Gasteiger partial charge on any atom is 0.330 e. The fraction of sp³-hybridized carbons (Fsp3) is 0.474. The summed E-state index contributed by atoms with van der Waals surface area (Å²) >= 11 is 0. The molecular weight excluding hydrogens is 612 g/mol. The molecule has 16 nitrogen and oxygen atoms in total. The van der Waals surface area contributed by atoms with Crippen molar-refractivity contribution >= 4 is 52.4 Å². The van der Waals surface area contributed by atoms with Gasteiger partial charge in [0.05, 0.1) is 11.5 Å². The van der Waals surface area contributed by atoms with E-state index in [2.05, 4.69) is 13.2 Å². The summed E-state index contributed by atoms with van der Waals surface area (Å²) < 4.78 is 114. The lowest BCUT2D eigenvalue weighted by atomic mass is 10.2. The van der Waals surface area contributed by atoms with Gasteiger partial charge in [-0.3, -0.25) is 18.2 Å². The largest absolute Gasteiger partial charge is 0.478 e. The van der Waals surface area contributed by atoms with E-state index in [0.29, 0.717) is 11.6 Å². The van der Waals surface area contributed by atoms with Gasteiger partial charge in [-0.05, 0) is 27.2 Å². The van der Waals surface area contributed by atoms with Crippen LogP contribution in [0.4, 0.5) is 0 Å². The molecule has 0 rings (SSSR count). The molecule has 0 bridgehead atoms. The molecule has 0 aliphatic rings. The van der Waals surface area contributed by atoms with Crippen molar-refractivity contribution in [3.8, 4) is 0 Å². The Balaban J connectivity index is -0.000000215. The number of carboxylic acids is 2. The highest BCUT2D eigenvalue weighted by molar-refractivity contribution is 7.87. The first kappa shape index (κ1) is 43.6. The Morgan fingerprint density at radius 1 is 0.846 bits per heavy atom. The maximum absolute atomic E-state index is 10.5. The van der Waals surface area contributed by atoms with Gasteiger partial charge in [0.15, 0.2) is 0 Å². The molecular formula is C19H34O16S4. The Morgan fingerprint density at radius 3 is 1.44 bits per heavy atom. The topological polar surface area (TPSA) is 292 Å². The molecule has 0 aromatic carbocycles. The first-order valence-corrected chi connectivity index (χ1v) is 16.2. The van der Waals surface area contributed by atoms with Crippen LogP contribution in [0.1, 0.15) is 34.1 Å². The van der Waals surface area contributed by atoms with E-state index in [4.69, 9.17) is 28.4 Å². The van der Waals surface area contributed by atoms with Gasteiger partial charge < -0.3 is 10.2 Å². The highest BCUT2D eigenvalue weighted by Crippen LogP contribution is 2.05. The van der Waals surface area contributed by atoms with Gasteiger partial charge in [-0.25, -0.2) is 9.59 Å². The van der Waals surface area contributed by atoms with Crippen LogP contribution in [0.25, 0.3) is 0 Å². The molecule has 6 N–H and O–H groups in total. The number of aliphatic carboxylic acids is 2. The van der Waals surface area contributed by atoms with E-state index in [1.807, 2.05) is 0 Å². The Morgan fingerprint density at radius 2 is 1.28 bits per heavy atom. The van der Waals surface area contributed by atoms with Gasteiger partial charge in [-0.1, -0.05) is 37.3 Å². The van der Waals surface area contributed by atoms with Crippen LogP contribution in [0.3, 0.4) is 0 Å². The molecule has 0 aromatic heterocycles. The molecule has 2 unspecified atom stereocenters. The van der Waals surface area contributed by atoms with Crippen molar-refractivity contribution in [3.05, 3.63) is 48.6 Å². The molecule has 0 saturated heterocycles. The summed E-state index contributed by atoms with van der Waals surface area (Å²) in [6.45, 7) is 11.9. The van der Waals surface area contributed by atoms with Gasteiger partial charge in [0.25, 0.3) is 40.5 Å². The monoisotopic (exact) mass is 646 g/mol. The normalized spacial score (nSPS) is 13.7. The van der Waals surface area contributed by atoms with E-state index in [9.17, 15) is 43.3 Å². The molecule has 20 heteroatoms. The van der Waals surface area contributed by atoms with Gasteiger partial charge in [-0.2, -0.15) is 33.7 Å². The quantitative estimate of drug-likeness (QED) is 0.104. The third kappa shape index (κ3) is 35.5. The Labute approximate surface area is 228 Å². The molecule has 0 amide bonds. The summed E-state index contributed by atoms with van der Waals surface area (Å²) in [7, 11) is -15.9. The summed E-state index contributed by atoms with van der Waals surface area (Å²) in [6.07, 6.45) is 3.87. The molecule has 0 spiro atoms. The van der Waals surface area contributed by atoms with Crippen LogP contribution < -0.4 is 0 Å². The SMILES string of the molecule is C/C(=C\C(C)S(=O)(=O)O)C(=O)O.C=C(C)CS(=O)(=O)O.C=CCS(=O)(=O)O.CCC(/C=C/C(=O)O)S(=O)(=O)O. The van der Waals surface area contributed by atoms with Crippen molar-refractivity contribution in [1.82, 2.24) is 0 Å². The number of carbonyl (C=O) groups is 2. The van der Waals surface area contributed by atoms with Crippen molar-refractivity contribution in [2.45, 2.75) is 44.6 Å². The minimum absolute atomic E-state index is 0.111. The molecule has 0 aliphatic heterocycles. The maximum atomic E-state index is 10.5. The lowest BCUT2D eigenvalue weighted by Gasteiger charge is -2.03. The van der Waals surface area contributed by atoms with Gasteiger partial charge in [0, 0.05) is 11.6 Å². The van der Waals surface area contributed by atoms with Crippen molar-refractivity contribution in [2.75, 3.05) is 11.5 Å². The summed E-state index contributed by atoms with van der Waals surface area (Å²) in [5.74, 6) is -3.15. The van der Waals surface area contributed by atoms with E-state index in [1.165, 1.54) is 27.7 Å². The second-order valence-corrected chi connectivity index (χ2v) is 13.6. The van der Waals surface area contributed by atoms with Crippen molar-refractivity contribution in [2.24, 2.45) is 0 Å². The smallest absolute Gasteiger partial charge is 0.330 e. The zero-order chi connectivity index (χ0) is 32.4.